The van der Waals surface area contributed by atoms with Crippen LogP contribution in [-0.2, 0) is 19.1 Å². The van der Waals surface area contributed by atoms with Gasteiger partial charge in [-0.1, -0.05) is 11.6 Å². The third-order valence-corrected chi connectivity index (χ3v) is 3.80. The molecule has 1 aliphatic rings. The van der Waals surface area contributed by atoms with Gasteiger partial charge >= 0.3 is 5.97 Å². The number of carbonyl (C=O) groups is 3. The van der Waals surface area contributed by atoms with Crippen LogP contribution in [0.25, 0.3) is 0 Å². The Morgan fingerprint density at radius 2 is 1.92 bits per heavy atom. The summed E-state index contributed by atoms with van der Waals surface area (Å²) in [6.07, 6.45) is 1.08. The Bertz CT molecular complexity index is 630. The highest BCUT2D eigenvalue weighted by molar-refractivity contribution is 6.30. The van der Waals surface area contributed by atoms with Gasteiger partial charge in [-0.3, -0.25) is 9.59 Å². The summed E-state index contributed by atoms with van der Waals surface area (Å²) >= 11 is 5.77. The number of amides is 2. The van der Waals surface area contributed by atoms with Gasteiger partial charge in [-0.15, -0.1) is 0 Å². The van der Waals surface area contributed by atoms with E-state index in [-0.39, 0.29) is 18.5 Å². The SMILES string of the molecule is C[C@H](Oc1ccc(Cl)cc1)C(=O)OCC(=O)N(C)CC(=O)NC1CC1. The Labute approximate surface area is 151 Å². The molecule has 1 fully saturated rings. The summed E-state index contributed by atoms with van der Waals surface area (Å²) in [6.45, 7) is 1.01. The summed E-state index contributed by atoms with van der Waals surface area (Å²) in [5.41, 5.74) is 0. The Kier molecular flexibility index (Phi) is 6.64. The van der Waals surface area contributed by atoms with Crippen LogP contribution < -0.4 is 10.1 Å². The Morgan fingerprint density at radius 1 is 1.28 bits per heavy atom. The number of likely N-dealkylation sites (N-methyl/N-ethyl adjacent to an activating group) is 1. The van der Waals surface area contributed by atoms with Gasteiger partial charge in [0.15, 0.2) is 12.7 Å². The van der Waals surface area contributed by atoms with Crippen LogP contribution in [0.4, 0.5) is 0 Å². The van der Waals surface area contributed by atoms with Crippen LogP contribution in [0, 0.1) is 0 Å². The van der Waals surface area contributed by atoms with Gasteiger partial charge in [0, 0.05) is 18.1 Å². The summed E-state index contributed by atoms with van der Waals surface area (Å²) in [6, 6.07) is 6.77. The van der Waals surface area contributed by atoms with Gasteiger partial charge in [-0.25, -0.2) is 4.79 Å². The zero-order valence-electron chi connectivity index (χ0n) is 14.2. The molecule has 0 heterocycles. The number of hydrogen-bond donors (Lipinski definition) is 1. The topological polar surface area (TPSA) is 84.9 Å². The van der Waals surface area contributed by atoms with E-state index in [1.54, 1.807) is 24.3 Å². The zero-order chi connectivity index (χ0) is 18.4. The van der Waals surface area contributed by atoms with Crippen molar-refractivity contribution in [3.8, 4) is 5.75 Å². The fourth-order valence-corrected chi connectivity index (χ4v) is 2.06. The molecule has 25 heavy (non-hydrogen) atoms. The van der Waals surface area contributed by atoms with E-state index in [2.05, 4.69) is 5.32 Å². The van der Waals surface area contributed by atoms with Crippen LogP contribution in [-0.4, -0.2) is 55.0 Å². The molecular weight excluding hydrogens is 348 g/mol. The lowest BCUT2D eigenvalue weighted by Crippen LogP contribution is -2.41. The lowest BCUT2D eigenvalue weighted by atomic mass is 10.3. The second-order valence-corrected chi connectivity index (χ2v) is 6.35. The summed E-state index contributed by atoms with van der Waals surface area (Å²) in [4.78, 5) is 36.7. The highest BCUT2D eigenvalue weighted by Gasteiger charge is 2.25. The predicted octanol–water partition coefficient (Wildman–Crippen LogP) is 1.39. The van der Waals surface area contributed by atoms with E-state index >= 15 is 0 Å². The fraction of sp³-hybridized carbons (Fsp3) is 0.471. The number of ether oxygens (including phenoxy) is 2. The monoisotopic (exact) mass is 368 g/mol. The minimum Gasteiger partial charge on any atom is -0.479 e. The molecule has 0 radical (unpaired) electrons. The van der Waals surface area contributed by atoms with Gasteiger partial charge in [-0.2, -0.15) is 0 Å². The molecule has 1 aromatic carbocycles. The highest BCUT2D eigenvalue weighted by atomic mass is 35.5. The van der Waals surface area contributed by atoms with E-state index in [4.69, 9.17) is 21.1 Å². The second kappa shape index (κ2) is 8.71. The number of esters is 1. The average molecular weight is 369 g/mol. The largest absolute Gasteiger partial charge is 0.479 e. The first-order valence-corrected chi connectivity index (χ1v) is 8.35. The van der Waals surface area contributed by atoms with E-state index in [1.165, 1.54) is 18.9 Å². The first-order chi connectivity index (χ1) is 11.8. The summed E-state index contributed by atoms with van der Waals surface area (Å²) in [5, 5.41) is 3.34. The van der Waals surface area contributed by atoms with Crippen molar-refractivity contribution in [2.45, 2.75) is 31.9 Å². The molecule has 1 atom stereocenters. The minimum absolute atomic E-state index is 0.0658. The molecule has 0 unspecified atom stereocenters. The molecule has 8 heteroatoms. The molecule has 2 amide bonds. The zero-order valence-corrected chi connectivity index (χ0v) is 14.9. The van der Waals surface area contributed by atoms with E-state index in [1.807, 2.05) is 0 Å². The van der Waals surface area contributed by atoms with Crippen molar-refractivity contribution in [3.05, 3.63) is 29.3 Å². The van der Waals surface area contributed by atoms with Crippen molar-refractivity contribution in [3.63, 3.8) is 0 Å². The van der Waals surface area contributed by atoms with Crippen molar-refractivity contribution in [1.82, 2.24) is 10.2 Å². The molecule has 0 aromatic heterocycles. The van der Waals surface area contributed by atoms with Crippen molar-refractivity contribution >= 4 is 29.4 Å². The third-order valence-electron chi connectivity index (χ3n) is 3.55. The minimum atomic E-state index is -0.877. The highest BCUT2D eigenvalue weighted by Crippen LogP contribution is 2.18. The van der Waals surface area contributed by atoms with Crippen LogP contribution in [0.15, 0.2) is 24.3 Å². The Morgan fingerprint density at radius 3 is 2.52 bits per heavy atom. The van der Waals surface area contributed by atoms with E-state index in [9.17, 15) is 14.4 Å². The molecule has 7 nitrogen and oxygen atoms in total. The Balaban J connectivity index is 1.70. The number of nitrogens with zero attached hydrogens (tertiary/aromatic N) is 1. The van der Waals surface area contributed by atoms with Gasteiger partial charge in [0.05, 0.1) is 6.54 Å². The maximum Gasteiger partial charge on any atom is 0.347 e. The van der Waals surface area contributed by atoms with Gasteiger partial charge < -0.3 is 19.7 Å². The number of nitrogens with one attached hydrogen (secondary N) is 1. The van der Waals surface area contributed by atoms with Gasteiger partial charge in [0.1, 0.15) is 5.75 Å². The summed E-state index contributed by atoms with van der Waals surface area (Å²) in [5.74, 6) is -0.879. The summed E-state index contributed by atoms with van der Waals surface area (Å²) in [7, 11) is 1.48. The molecule has 2 rings (SSSR count). The first-order valence-electron chi connectivity index (χ1n) is 7.97. The number of rotatable bonds is 8. The predicted molar refractivity (Wildman–Crippen MR) is 91.3 cm³/mol. The maximum absolute atomic E-state index is 11.9. The van der Waals surface area contributed by atoms with E-state index < -0.39 is 24.6 Å². The van der Waals surface area contributed by atoms with Crippen molar-refractivity contribution in [1.29, 1.82) is 0 Å². The number of hydrogen-bond acceptors (Lipinski definition) is 5. The van der Waals surface area contributed by atoms with Crippen LogP contribution in [0.3, 0.4) is 0 Å². The molecule has 1 aromatic rings. The van der Waals surface area contributed by atoms with E-state index in [0.29, 0.717) is 10.8 Å². The van der Waals surface area contributed by atoms with Gasteiger partial charge in [0.25, 0.3) is 5.91 Å². The van der Waals surface area contributed by atoms with Crippen LogP contribution in [0.1, 0.15) is 19.8 Å². The average Bonchev–Trinajstić information content (AvgIpc) is 3.37. The first kappa shape index (κ1) is 19.1. The second-order valence-electron chi connectivity index (χ2n) is 5.91. The molecule has 1 aliphatic carbocycles. The molecular formula is C17H21ClN2O5. The quantitative estimate of drug-likeness (QED) is 0.701. The molecule has 136 valence electrons. The standard InChI is InChI=1S/C17H21ClN2O5/c1-11(25-14-7-3-12(18)4-8-14)17(23)24-10-16(22)20(2)9-15(21)19-13-5-6-13/h3-4,7-8,11,13H,5-6,9-10H2,1-2H3,(H,19,21)/t11-/m0/s1. The van der Waals surface area contributed by atoms with Crippen LogP contribution in [0.5, 0.6) is 5.75 Å². The van der Waals surface area contributed by atoms with Crippen LogP contribution >= 0.6 is 11.6 Å². The van der Waals surface area contributed by atoms with Crippen molar-refractivity contribution in [2.24, 2.45) is 0 Å². The third kappa shape index (κ3) is 6.62. The molecule has 0 spiro atoms. The number of benzene rings is 1. The normalized spacial score (nSPS) is 14.4. The van der Waals surface area contributed by atoms with Gasteiger partial charge in [-0.05, 0) is 44.0 Å². The molecule has 1 saturated carbocycles. The smallest absolute Gasteiger partial charge is 0.347 e. The lowest BCUT2D eigenvalue weighted by molar-refractivity contribution is -0.157. The summed E-state index contributed by atoms with van der Waals surface area (Å²) < 4.78 is 10.4. The molecule has 1 N–H and O–H groups in total. The van der Waals surface area contributed by atoms with E-state index in [0.717, 1.165) is 12.8 Å². The van der Waals surface area contributed by atoms with Gasteiger partial charge in [0.2, 0.25) is 5.91 Å². The molecule has 0 bridgehead atoms. The maximum atomic E-state index is 11.9. The van der Waals surface area contributed by atoms with Crippen LogP contribution in [0.2, 0.25) is 5.02 Å². The lowest BCUT2D eigenvalue weighted by Gasteiger charge is -2.18. The van der Waals surface area contributed by atoms with Crippen molar-refractivity contribution < 1.29 is 23.9 Å². The Hall–Kier alpha value is -2.28. The number of carbonyl (C=O) groups excluding carboxylic acids is 3. The number of halogens is 1. The fourth-order valence-electron chi connectivity index (χ4n) is 1.93. The molecule has 0 saturated heterocycles. The van der Waals surface area contributed by atoms with Crippen molar-refractivity contribution in [2.75, 3.05) is 20.2 Å². The molecule has 0 aliphatic heterocycles.